The summed E-state index contributed by atoms with van der Waals surface area (Å²) in [5.74, 6) is -0.252. The van der Waals surface area contributed by atoms with Crippen LogP contribution in [0.3, 0.4) is 0 Å². The van der Waals surface area contributed by atoms with Crippen LogP contribution in [-0.4, -0.2) is 32.9 Å². The fourth-order valence-electron chi connectivity index (χ4n) is 5.36. The molecule has 2 heterocycles. The molecule has 33 heavy (non-hydrogen) atoms. The van der Waals surface area contributed by atoms with Gasteiger partial charge in [0.2, 0.25) is 0 Å². The zero-order chi connectivity index (χ0) is 23.0. The van der Waals surface area contributed by atoms with Crippen LogP contribution in [0.15, 0.2) is 60.3 Å². The van der Waals surface area contributed by atoms with Gasteiger partial charge in [0, 0.05) is 6.54 Å². The van der Waals surface area contributed by atoms with Crippen molar-refractivity contribution >= 4 is 6.08 Å². The Bertz CT molecular complexity index is 1160. The minimum absolute atomic E-state index is 0.163. The van der Waals surface area contributed by atoms with Gasteiger partial charge < -0.3 is 5.11 Å². The second-order valence-corrected chi connectivity index (χ2v) is 9.91. The average molecular weight is 446 g/mol. The molecular formula is C28H32FN3O. The number of hydrogen-bond acceptors (Lipinski definition) is 3. The molecule has 1 saturated heterocycles. The summed E-state index contributed by atoms with van der Waals surface area (Å²) in [6.07, 6.45) is 7.57. The monoisotopic (exact) mass is 445 g/mol. The Morgan fingerprint density at radius 2 is 1.82 bits per heavy atom. The van der Waals surface area contributed by atoms with Crippen molar-refractivity contribution in [2.75, 3.05) is 13.1 Å². The van der Waals surface area contributed by atoms with Crippen LogP contribution in [0.1, 0.15) is 61.6 Å². The Balaban J connectivity index is 1.38. The van der Waals surface area contributed by atoms with Gasteiger partial charge in [-0.3, -0.25) is 4.90 Å². The third-order valence-corrected chi connectivity index (χ3v) is 7.49. The fourth-order valence-corrected chi connectivity index (χ4v) is 5.36. The highest BCUT2D eigenvalue weighted by Crippen LogP contribution is 2.45. The largest absolute Gasteiger partial charge is 0.388 e. The molecular weight excluding hydrogens is 413 g/mol. The van der Waals surface area contributed by atoms with Crippen molar-refractivity contribution in [1.29, 1.82) is 0 Å². The minimum Gasteiger partial charge on any atom is -0.388 e. The number of benzene rings is 2. The summed E-state index contributed by atoms with van der Waals surface area (Å²) in [6, 6.07) is 14.8. The smallest absolute Gasteiger partial charge is 0.123 e. The number of rotatable bonds is 6. The predicted molar refractivity (Wildman–Crippen MR) is 130 cm³/mol. The van der Waals surface area contributed by atoms with Gasteiger partial charge >= 0.3 is 0 Å². The van der Waals surface area contributed by atoms with Crippen molar-refractivity contribution in [1.82, 2.24) is 14.7 Å². The molecule has 5 rings (SSSR count). The molecule has 0 bridgehead atoms. The molecule has 5 heteroatoms. The van der Waals surface area contributed by atoms with E-state index in [2.05, 4.69) is 48.1 Å². The first kappa shape index (κ1) is 22.1. The predicted octanol–water partition coefficient (Wildman–Crippen LogP) is 5.70. The molecule has 4 nitrogen and oxygen atoms in total. The van der Waals surface area contributed by atoms with Gasteiger partial charge in [-0.15, -0.1) is 0 Å². The Morgan fingerprint density at radius 1 is 1.09 bits per heavy atom. The normalized spacial score (nSPS) is 21.6. The molecule has 3 aromatic rings. The summed E-state index contributed by atoms with van der Waals surface area (Å²) in [6.45, 7) is 7.58. The number of likely N-dealkylation sites (tertiary alicyclic amines) is 1. The number of aliphatic hydroxyl groups excluding tert-OH is 1. The highest BCUT2D eigenvalue weighted by atomic mass is 19.1. The van der Waals surface area contributed by atoms with Crippen molar-refractivity contribution < 1.29 is 9.50 Å². The quantitative estimate of drug-likeness (QED) is 0.529. The van der Waals surface area contributed by atoms with Crippen molar-refractivity contribution in [3.05, 3.63) is 88.5 Å². The van der Waals surface area contributed by atoms with Crippen LogP contribution in [0, 0.1) is 11.2 Å². The minimum atomic E-state index is -0.522. The van der Waals surface area contributed by atoms with Crippen LogP contribution >= 0.6 is 0 Å². The number of nitrogens with zero attached hydrogens (tertiary/aromatic N) is 3. The van der Waals surface area contributed by atoms with Crippen molar-refractivity contribution in [2.24, 2.45) is 5.41 Å². The SMILES string of the molecule is CC1=Cc2c(cnn2-c2ccc(F)cc2)C[C@]1(C)CC(O)c1ccccc1CN1CCCC1. The van der Waals surface area contributed by atoms with Gasteiger partial charge in [0.1, 0.15) is 5.82 Å². The highest BCUT2D eigenvalue weighted by Gasteiger charge is 2.35. The summed E-state index contributed by atoms with van der Waals surface area (Å²) in [5.41, 5.74) is 6.40. The average Bonchev–Trinajstić information content (AvgIpc) is 3.45. The van der Waals surface area contributed by atoms with Gasteiger partial charge in [-0.25, -0.2) is 9.07 Å². The Hall–Kier alpha value is -2.76. The summed E-state index contributed by atoms with van der Waals surface area (Å²) >= 11 is 0. The second kappa shape index (κ2) is 8.88. The fraction of sp³-hybridized carbons (Fsp3) is 0.393. The van der Waals surface area contributed by atoms with Gasteiger partial charge in [-0.2, -0.15) is 5.10 Å². The number of allylic oxidation sites excluding steroid dienone is 1. The summed E-state index contributed by atoms with van der Waals surface area (Å²) in [5, 5.41) is 16.0. The van der Waals surface area contributed by atoms with E-state index in [1.54, 1.807) is 12.1 Å². The van der Waals surface area contributed by atoms with Crippen LogP contribution in [0.2, 0.25) is 0 Å². The maximum Gasteiger partial charge on any atom is 0.123 e. The summed E-state index contributed by atoms with van der Waals surface area (Å²) in [4.78, 5) is 2.48. The lowest BCUT2D eigenvalue weighted by molar-refractivity contribution is 0.119. The van der Waals surface area contributed by atoms with E-state index in [4.69, 9.17) is 0 Å². The molecule has 2 atom stereocenters. The number of aliphatic hydroxyl groups is 1. The summed E-state index contributed by atoms with van der Waals surface area (Å²) in [7, 11) is 0. The standard InChI is InChI=1S/C28H32FN3O/c1-20-15-26-22(18-30-32(26)24-11-9-23(29)10-12-24)16-28(20,2)17-27(33)25-8-4-3-7-21(25)19-31-13-5-6-14-31/h3-4,7-12,15,18,27,33H,5-6,13-14,16-17,19H2,1-2H3/t27?,28-/m1/s1. The molecule has 172 valence electrons. The topological polar surface area (TPSA) is 41.3 Å². The number of aromatic nitrogens is 2. The molecule has 2 aromatic carbocycles. The van der Waals surface area contributed by atoms with E-state index < -0.39 is 6.10 Å². The molecule has 1 N–H and O–H groups in total. The van der Waals surface area contributed by atoms with Crippen molar-refractivity contribution in [2.45, 2.75) is 52.2 Å². The van der Waals surface area contributed by atoms with Crippen molar-refractivity contribution in [3.63, 3.8) is 0 Å². The second-order valence-electron chi connectivity index (χ2n) is 9.91. The van der Waals surface area contributed by atoms with Crippen LogP contribution in [0.4, 0.5) is 4.39 Å². The Labute approximate surface area is 195 Å². The highest BCUT2D eigenvalue weighted by molar-refractivity contribution is 5.60. The van der Waals surface area contributed by atoms with E-state index in [0.29, 0.717) is 6.42 Å². The van der Waals surface area contributed by atoms with E-state index in [-0.39, 0.29) is 11.2 Å². The number of fused-ring (bicyclic) bond motifs is 1. The van der Waals surface area contributed by atoms with Crippen molar-refractivity contribution in [3.8, 4) is 5.69 Å². The van der Waals surface area contributed by atoms with Crippen LogP contribution < -0.4 is 0 Å². The lowest BCUT2D eigenvalue weighted by Crippen LogP contribution is -2.28. The van der Waals surface area contributed by atoms with Gasteiger partial charge in [0.05, 0.1) is 23.7 Å². The molecule has 0 amide bonds. The van der Waals surface area contributed by atoms with E-state index in [9.17, 15) is 9.50 Å². The van der Waals surface area contributed by atoms with Crippen LogP contribution in [-0.2, 0) is 13.0 Å². The molecule has 0 spiro atoms. The molecule has 1 aliphatic carbocycles. The molecule has 1 fully saturated rings. The first-order valence-electron chi connectivity index (χ1n) is 11.9. The van der Waals surface area contributed by atoms with Gasteiger partial charge in [-0.1, -0.05) is 36.8 Å². The molecule has 1 aromatic heterocycles. The number of hydrogen-bond donors (Lipinski definition) is 1. The molecule has 0 saturated carbocycles. The Kier molecular flexibility index (Phi) is 5.94. The molecule has 1 aliphatic heterocycles. The van der Waals surface area contributed by atoms with Gasteiger partial charge in [-0.05, 0) is 98.1 Å². The van der Waals surface area contributed by atoms with Gasteiger partial charge in [0.25, 0.3) is 0 Å². The van der Waals surface area contributed by atoms with E-state index in [1.165, 1.54) is 36.1 Å². The Morgan fingerprint density at radius 3 is 2.58 bits per heavy atom. The molecule has 2 aliphatic rings. The van der Waals surface area contributed by atoms with Crippen LogP contribution in [0.25, 0.3) is 11.8 Å². The third-order valence-electron chi connectivity index (χ3n) is 7.49. The first-order valence-corrected chi connectivity index (χ1v) is 11.9. The molecule has 1 unspecified atom stereocenters. The maximum absolute atomic E-state index is 13.4. The van der Waals surface area contributed by atoms with Crippen LogP contribution in [0.5, 0.6) is 0 Å². The number of halogens is 1. The van der Waals surface area contributed by atoms with E-state index in [0.717, 1.165) is 48.6 Å². The maximum atomic E-state index is 13.4. The molecule has 0 radical (unpaired) electrons. The lowest BCUT2D eigenvalue weighted by atomic mass is 9.69. The van der Waals surface area contributed by atoms with E-state index in [1.807, 2.05) is 16.9 Å². The lowest BCUT2D eigenvalue weighted by Gasteiger charge is -2.36. The zero-order valence-electron chi connectivity index (χ0n) is 19.5. The third kappa shape index (κ3) is 4.40. The summed E-state index contributed by atoms with van der Waals surface area (Å²) < 4.78 is 15.2. The van der Waals surface area contributed by atoms with Gasteiger partial charge in [0.15, 0.2) is 0 Å². The zero-order valence-corrected chi connectivity index (χ0v) is 19.5. The first-order chi connectivity index (χ1) is 15.9. The van der Waals surface area contributed by atoms with E-state index >= 15 is 0 Å².